The van der Waals surface area contributed by atoms with Gasteiger partial charge < -0.3 is 9.84 Å². The Morgan fingerprint density at radius 1 is 1.08 bits per heavy atom. The summed E-state index contributed by atoms with van der Waals surface area (Å²) in [7, 11) is 0. The number of nitrogens with zero attached hydrogens (tertiary/aromatic N) is 1. The molecule has 26 heavy (non-hydrogen) atoms. The van der Waals surface area contributed by atoms with E-state index >= 15 is 0 Å². The SMILES string of the molecule is O=C(Cc1cc(-c2ccc(F)cc2F)on1)NCCCc1ccccc1. The highest BCUT2D eigenvalue weighted by molar-refractivity contribution is 5.78. The van der Waals surface area contributed by atoms with Crippen LogP contribution in [0.15, 0.2) is 59.1 Å². The van der Waals surface area contributed by atoms with Gasteiger partial charge in [0.15, 0.2) is 5.76 Å². The summed E-state index contributed by atoms with van der Waals surface area (Å²) in [6.07, 6.45) is 1.76. The first kappa shape index (κ1) is 17.8. The summed E-state index contributed by atoms with van der Waals surface area (Å²) >= 11 is 0. The molecule has 0 unspecified atom stereocenters. The van der Waals surface area contributed by atoms with E-state index in [-0.39, 0.29) is 23.7 Å². The molecule has 0 atom stereocenters. The molecule has 0 bridgehead atoms. The van der Waals surface area contributed by atoms with Crippen LogP contribution in [-0.2, 0) is 17.6 Å². The van der Waals surface area contributed by atoms with Crippen LogP contribution in [0.4, 0.5) is 8.78 Å². The van der Waals surface area contributed by atoms with Crippen LogP contribution < -0.4 is 5.32 Å². The lowest BCUT2D eigenvalue weighted by Crippen LogP contribution is -2.26. The molecule has 1 N–H and O–H groups in total. The van der Waals surface area contributed by atoms with Crippen LogP contribution >= 0.6 is 0 Å². The third-order valence-corrected chi connectivity index (χ3v) is 3.90. The van der Waals surface area contributed by atoms with Crippen molar-refractivity contribution in [2.75, 3.05) is 6.54 Å². The predicted octanol–water partition coefficient (Wildman–Crippen LogP) is 3.91. The molecule has 0 aliphatic carbocycles. The maximum absolute atomic E-state index is 13.7. The minimum Gasteiger partial charge on any atom is -0.356 e. The number of carbonyl (C=O) groups is 1. The van der Waals surface area contributed by atoms with Gasteiger partial charge in [0, 0.05) is 18.7 Å². The fourth-order valence-corrected chi connectivity index (χ4v) is 2.60. The van der Waals surface area contributed by atoms with E-state index in [4.69, 9.17) is 4.52 Å². The van der Waals surface area contributed by atoms with E-state index in [1.54, 1.807) is 0 Å². The largest absolute Gasteiger partial charge is 0.356 e. The molecule has 3 rings (SSSR count). The molecule has 4 nitrogen and oxygen atoms in total. The summed E-state index contributed by atoms with van der Waals surface area (Å²) in [4.78, 5) is 12.0. The standard InChI is InChI=1S/C20H18F2N2O2/c21-15-8-9-17(18(22)11-15)19-12-16(24-26-19)13-20(25)23-10-4-7-14-5-2-1-3-6-14/h1-3,5-6,8-9,11-12H,4,7,10,13H2,(H,23,25). The van der Waals surface area contributed by atoms with Gasteiger partial charge in [0.2, 0.25) is 5.91 Å². The zero-order valence-corrected chi connectivity index (χ0v) is 14.0. The molecule has 0 saturated carbocycles. The van der Waals surface area contributed by atoms with Crippen LogP contribution in [0.2, 0.25) is 0 Å². The van der Waals surface area contributed by atoms with Gasteiger partial charge in [-0.15, -0.1) is 0 Å². The van der Waals surface area contributed by atoms with E-state index in [0.29, 0.717) is 12.2 Å². The van der Waals surface area contributed by atoms with Crippen LogP contribution in [-0.4, -0.2) is 17.6 Å². The first-order chi connectivity index (χ1) is 12.6. The van der Waals surface area contributed by atoms with Crippen molar-refractivity contribution in [3.63, 3.8) is 0 Å². The molecule has 6 heteroatoms. The number of rotatable bonds is 7. The summed E-state index contributed by atoms with van der Waals surface area (Å²) in [6, 6.07) is 14.7. The molecule has 0 fully saturated rings. The molecule has 0 saturated heterocycles. The molecule has 3 aromatic rings. The Kier molecular flexibility index (Phi) is 5.73. The lowest BCUT2D eigenvalue weighted by Gasteiger charge is -2.04. The summed E-state index contributed by atoms with van der Waals surface area (Å²) in [5.74, 6) is -1.43. The minimum absolute atomic E-state index is 0.0393. The van der Waals surface area contributed by atoms with Crippen LogP contribution in [0.1, 0.15) is 17.7 Å². The van der Waals surface area contributed by atoms with Crippen molar-refractivity contribution < 1.29 is 18.1 Å². The molecule has 2 aromatic carbocycles. The Morgan fingerprint density at radius 2 is 1.88 bits per heavy atom. The van der Waals surface area contributed by atoms with Gasteiger partial charge in [0.1, 0.15) is 11.6 Å². The molecule has 134 valence electrons. The van der Waals surface area contributed by atoms with Crippen molar-refractivity contribution in [1.29, 1.82) is 0 Å². The zero-order valence-electron chi connectivity index (χ0n) is 14.0. The Labute approximate surface area is 149 Å². The van der Waals surface area contributed by atoms with Crippen LogP contribution in [0.25, 0.3) is 11.3 Å². The second kappa shape index (κ2) is 8.38. The Bertz CT molecular complexity index is 879. The van der Waals surface area contributed by atoms with E-state index in [0.717, 1.165) is 25.0 Å². The smallest absolute Gasteiger partial charge is 0.226 e. The molecule has 0 aliphatic rings. The first-order valence-corrected chi connectivity index (χ1v) is 8.33. The first-order valence-electron chi connectivity index (χ1n) is 8.33. The number of nitrogens with one attached hydrogen (secondary N) is 1. The monoisotopic (exact) mass is 356 g/mol. The lowest BCUT2D eigenvalue weighted by atomic mass is 10.1. The minimum atomic E-state index is -0.738. The fourth-order valence-electron chi connectivity index (χ4n) is 2.60. The second-order valence-corrected chi connectivity index (χ2v) is 5.92. The summed E-state index contributed by atoms with van der Waals surface area (Å²) in [6.45, 7) is 0.561. The Morgan fingerprint density at radius 3 is 2.65 bits per heavy atom. The number of hydrogen-bond acceptors (Lipinski definition) is 3. The summed E-state index contributed by atoms with van der Waals surface area (Å²) < 4.78 is 31.8. The van der Waals surface area contributed by atoms with Crippen LogP contribution in [0.3, 0.4) is 0 Å². The number of benzene rings is 2. The zero-order chi connectivity index (χ0) is 18.4. The highest BCUT2D eigenvalue weighted by atomic mass is 19.1. The highest BCUT2D eigenvalue weighted by Crippen LogP contribution is 2.24. The third kappa shape index (κ3) is 4.75. The van der Waals surface area contributed by atoms with Crippen molar-refractivity contribution in [3.05, 3.63) is 77.5 Å². The molecular formula is C20H18F2N2O2. The van der Waals surface area contributed by atoms with Crippen molar-refractivity contribution in [1.82, 2.24) is 10.5 Å². The molecule has 1 amide bonds. The maximum Gasteiger partial charge on any atom is 0.226 e. The topological polar surface area (TPSA) is 55.1 Å². The predicted molar refractivity (Wildman–Crippen MR) is 93.3 cm³/mol. The van der Waals surface area contributed by atoms with Gasteiger partial charge >= 0.3 is 0 Å². The average molecular weight is 356 g/mol. The van der Waals surface area contributed by atoms with Crippen LogP contribution in [0, 0.1) is 11.6 Å². The molecule has 0 aliphatic heterocycles. The number of aromatic nitrogens is 1. The third-order valence-electron chi connectivity index (χ3n) is 3.90. The van der Waals surface area contributed by atoms with Gasteiger partial charge in [0.25, 0.3) is 0 Å². The fraction of sp³-hybridized carbons (Fsp3) is 0.200. The normalized spacial score (nSPS) is 10.7. The highest BCUT2D eigenvalue weighted by Gasteiger charge is 2.14. The quantitative estimate of drug-likeness (QED) is 0.653. The Hall–Kier alpha value is -3.02. The number of halogens is 2. The number of carbonyl (C=O) groups excluding carboxylic acids is 1. The Balaban J connectivity index is 1.48. The van der Waals surface area contributed by atoms with Crippen molar-refractivity contribution in [2.45, 2.75) is 19.3 Å². The average Bonchev–Trinajstić information content (AvgIpc) is 3.07. The van der Waals surface area contributed by atoms with Gasteiger partial charge in [-0.2, -0.15) is 0 Å². The maximum atomic E-state index is 13.7. The van der Waals surface area contributed by atoms with Gasteiger partial charge in [-0.25, -0.2) is 8.78 Å². The summed E-state index contributed by atoms with van der Waals surface area (Å²) in [5.41, 5.74) is 1.72. The molecular weight excluding hydrogens is 338 g/mol. The number of aryl methyl sites for hydroxylation is 1. The van der Waals surface area contributed by atoms with E-state index in [9.17, 15) is 13.6 Å². The van der Waals surface area contributed by atoms with Crippen molar-refractivity contribution in [3.8, 4) is 11.3 Å². The van der Waals surface area contributed by atoms with Crippen molar-refractivity contribution >= 4 is 5.91 Å². The summed E-state index contributed by atoms with van der Waals surface area (Å²) in [5, 5.41) is 6.60. The van der Waals surface area contributed by atoms with Gasteiger partial charge in [-0.1, -0.05) is 35.5 Å². The molecule has 1 aromatic heterocycles. The van der Waals surface area contributed by atoms with Gasteiger partial charge in [-0.3, -0.25) is 4.79 Å². The van der Waals surface area contributed by atoms with Gasteiger partial charge in [0.05, 0.1) is 17.7 Å². The second-order valence-electron chi connectivity index (χ2n) is 5.92. The van der Waals surface area contributed by atoms with Gasteiger partial charge in [-0.05, 0) is 30.5 Å². The lowest BCUT2D eigenvalue weighted by molar-refractivity contribution is -0.120. The van der Waals surface area contributed by atoms with Crippen molar-refractivity contribution in [2.24, 2.45) is 0 Å². The van der Waals surface area contributed by atoms with E-state index in [1.165, 1.54) is 17.7 Å². The number of hydrogen-bond donors (Lipinski definition) is 1. The molecule has 0 spiro atoms. The van der Waals surface area contributed by atoms with Crippen LogP contribution in [0.5, 0.6) is 0 Å². The molecule has 1 heterocycles. The molecule has 0 radical (unpaired) electrons. The number of amides is 1. The van der Waals surface area contributed by atoms with E-state index < -0.39 is 11.6 Å². The van der Waals surface area contributed by atoms with E-state index in [2.05, 4.69) is 10.5 Å². The van der Waals surface area contributed by atoms with E-state index in [1.807, 2.05) is 30.3 Å².